The molecule has 0 spiro atoms. The van der Waals surface area contributed by atoms with Crippen LogP contribution in [0.5, 0.6) is 0 Å². The minimum atomic E-state index is -0.178. The Morgan fingerprint density at radius 1 is 1.42 bits per heavy atom. The van der Waals surface area contributed by atoms with Crippen molar-refractivity contribution in [3.8, 4) is 0 Å². The molecule has 1 saturated heterocycles. The van der Waals surface area contributed by atoms with E-state index in [1.807, 2.05) is 24.3 Å². The third-order valence-corrected chi connectivity index (χ3v) is 3.16. The summed E-state index contributed by atoms with van der Waals surface area (Å²) in [7, 11) is 1.66. The van der Waals surface area contributed by atoms with E-state index in [-0.39, 0.29) is 11.9 Å². The van der Waals surface area contributed by atoms with Crippen molar-refractivity contribution < 1.29 is 9.53 Å². The van der Waals surface area contributed by atoms with E-state index in [9.17, 15) is 4.79 Å². The molecular weight excluding hydrogens is 242 g/mol. The van der Waals surface area contributed by atoms with Crippen LogP contribution in [0.25, 0.3) is 0 Å². The molecule has 1 aliphatic rings. The third kappa shape index (κ3) is 4.02. The first kappa shape index (κ1) is 14.0. The van der Waals surface area contributed by atoms with Crippen LogP contribution in [0.2, 0.25) is 0 Å². The Morgan fingerprint density at radius 2 is 2.26 bits per heavy atom. The van der Waals surface area contributed by atoms with Gasteiger partial charge in [0, 0.05) is 31.9 Å². The average molecular weight is 263 g/mol. The molecular formula is C14H21N3O2. The van der Waals surface area contributed by atoms with Gasteiger partial charge in [0.15, 0.2) is 0 Å². The third-order valence-electron chi connectivity index (χ3n) is 3.16. The number of hydrogen-bond acceptors (Lipinski definition) is 4. The van der Waals surface area contributed by atoms with Crippen molar-refractivity contribution in [2.75, 3.05) is 25.5 Å². The number of rotatable bonds is 4. The Labute approximate surface area is 113 Å². The summed E-state index contributed by atoms with van der Waals surface area (Å²) in [5, 5.41) is 9.44. The zero-order valence-corrected chi connectivity index (χ0v) is 11.4. The van der Waals surface area contributed by atoms with Gasteiger partial charge in [-0.3, -0.25) is 4.79 Å². The highest BCUT2D eigenvalue weighted by molar-refractivity contribution is 5.95. The quantitative estimate of drug-likeness (QED) is 0.749. The van der Waals surface area contributed by atoms with Crippen LogP contribution in [0.15, 0.2) is 24.3 Å². The molecule has 2 rings (SSSR count). The molecule has 1 aromatic carbocycles. The molecule has 1 fully saturated rings. The van der Waals surface area contributed by atoms with Crippen molar-refractivity contribution in [1.82, 2.24) is 10.6 Å². The van der Waals surface area contributed by atoms with Crippen LogP contribution in [-0.4, -0.2) is 38.2 Å². The molecule has 3 N–H and O–H groups in total. The highest BCUT2D eigenvalue weighted by atomic mass is 16.5. The van der Waals surface area contributed by atoms with Crippen molar-refractivity contribution in [3.63, 3.8) is 0 Å². The molecule has 0 bridgehead atoms. The molecule has 1 heterocycles. The van der Waals surface area contributed by atoms with Crippen molar-refractivity contribution in [2.24, 2.45) is 0 Å². The van der Waals surface area contributed by atoms with Crippen LogP contribution in [0.1, 0.15) is 12.5 Å². The van der Waals surface area contributed by atoms with E-state index in [1.165, 1.54) is 0 Å². The normalized spacial score (nSPS) is 23.1. The fraction of sp³-hybridized carbons (Fsp3) is 0.500. The molecule has 2 atom stereocenters. The molecule has 104 valence electrons. The van der Waals surface area contributed by atoms with Crippen LogP contribution in [0.3, 0.4) is 0 Å². The summed E-state index contributed by atoms with van der Waals surface area (Å²) in [5.41, 5.74) is 1.85. The highest BCUT2D eigenvalue weighted by Gasteiger charge is 2.23. The Hall–Kier alpha value is -1.43. The molecule has 0 radical (unpaired) electrons. The average Bonchev–Trinajstić information content (AvgIpc) is 2.40. The van der Waals surface area contributed by atoms with Crippen LogP contribution in [0, 0.1) is 0 Å². The summed E-state index contributed by atoms with van der Waals surface area (Å²) in [6.07, 6.45) is 0. The minimum absolute atomic E-state index is 0.00559. The fourth-order valence-electron chi connectivity index (χ4n) is 2.10. The molecule has 1 aliphatic heterocycles. The molecule has 5 nitrogen and oxygen atoms in total. The summed E-state index contributed by atoms with van der Waals surface area (Å²) in [4.78, 5) is 12.1. The smallest absolute Gasteiger partial charge is 0.242 e. The Balaban J connectivity index is 1.93. The number of benzene rings is 1. The largest absolute Gasteiger partial charge is 0.380 e. The van der Waals surface area contributed by atoms with Gasteiger partial charge in [-0.1, -0.05) is 12.1 Å². The first-order chi connectivity index (χ1) is 9.19. The van der Waals surface area contributed by atoms with Gasteiger partial charge in [0.2, 0.25) is 5.91 Å². The van der Waals surface area contributed by atoms with Gasteiger partial charge in [-0.15, -0.1) is 0 Å². The zero-order valence-electron chi connectivity index (χ0n) is 11.4. The van der Waals surface area contributed by atoms with E-state index >= 15 is 0 Å². The standard InChI is InChI=1S/C14H21N3O2/c1-10-7-16-13(8-15-10)14(18)17-12-5-3-4-11(6-12)9-19-2/h3-6,10,13,15-16H,7-9H2,1-2H3,(H,17,18). The monoisotopic (exact) mass is 263 g/mol. The van der Waals surface area contributed by atoms with Gasteiger partial charge in [0.25, 0.3) is 0 Å². The maximum absolute atomic E-state index is 12.1. The van der Waals surface area contributed by atoms with E-state index < -0.39 is 0 Å². The van der Waals surface area contributed by atoms with E-state index in [2.05, 4.69) is 22.9 Å². The van der Waals surface area contributed by atoms with Gasteiger partial charge in [-0.05, 0) is 24.6 Å². The van der Waals surface area contributed by atoms with Gasteiger partial charge in [0.1, 0.15) is 0 Å². The van der Waals surface area contributed by atoms with Gasteiger partial charge in [0.05, 0.1) is 12.6 Å². The number of piperazine rings is 1. The van der Waals surface area contributed by atoms with E-state index in [0.29, 0.717) is 19.2 Å². The van der Waals surface area contributed by atoms with Gasteiger partial charge in [-0.25, -0.2) is 0 Å². The number of methoxy groups -OCH3 is 1. The maximum atomic E-state index is 12.1. The zero-order chi connectivity index (χ0) is 13.7. The van der Waals surface area contributed by atoms with Gasteiger partial charge < -0.3 is 20.7 Å². The SMILES string of the molecule is COCc1cccc(NC(=O)C2CNC(C)CN2)c1. The molecule has 2 unspecified atom stereocenters. The Kier molecular flexibility index (Phi) is 4.90. The summed E-state index contributed by atoms with van der Waals surface area (Å²) in [6.45, 7) is 4.10. The number of carbonyl (C=O) groups is 1. The molecule has 5 heteroatoms. The van der Waals surface area contributed by atoms with Gasteiger partial charge >= 0.3 is 0 Å². The summed E-state index contributed by atoms with van der Waals surface area (Å²) < 4.78 is 5.08. The lowest BCUT2D eigenvalue weighted by Gasteiger charge is -2.28. The van der Waals surface area contributed by atoms with Crippen molar-refractivity contribution >= 4 is 11.6 Å². The number of nitrogens with one attached hydrogen (secondary N) is 3. The first-order valence-corrected chi connectivity index (χ1v) is 6.54. The van der Waals surface area contributed by atoms with E-state index in [4.69, 9.17) is 4.74 Å². The van der Waals surface area contributed by atoms with Crippen molar-refractivity contribution in [2.45, 2.75) is 25.6 Å². The van der Waals surface area contributed by atoms with Crippen LogP contribution in [-0.2, 0) is 16.1 Å². The van der Waals surface area contributed by atoms with E-state index in [0.717, 1.165) is 17.8 Å². The first-order valence-electron chi connectivity index (χ1n) is 6.54. The summed E-state index contributed by atoms with van der Waals surface area (Å²) in [5.74, 6) is -0.00559. The molecule has 0 aromatic heterocycles. The lowest BCUT2D eigenvalue weighted by molar-refractivity contribution is -0.118. The van der Waals surface area contributed by atoms with Crippen molar-refractivity contribution in [1.29, 1.82) is 0 Å². The number of carbonyl (C=O) groups excluding carboxylic acids is 1. The predicted octanol–water partition coefficient (Wildman–Crippen LogP) is 0.721. The lowest BCUT2D eigenvalue weighted by atomic mass is 10.1. The Morgan fingerprint density at radius 3 is 2.95 bits per heavy atom. The number of amides is 1. The second-order valence-corrected chi connectivity index (χ2v) is 4.89. The van der Waals surface area contributed by atoms with Crippen LogP contribution >= 0.6 is 0 Å². The molecule has 19 heavy (non-hydrogen) atoms. The maximum Gasteiger partial charge on any atom is 0.242 e. The highest BCUT2D eigenvalue weighted by Crippen LogP contribution is 2.12. The second-order valence-electron chi connectivity index (χ2n) is 4.89. The van der Waals surface area contributed by atoms with Crippen LogP contribution in [0.4, 0.5) is 5.69 Å². The molecule has 0 aliphatic carbocycles. The predicted molar refractivity (Wildman–Crippen MR) is 75.0 cm³/mol. The molecule has 0 saturated carbocycles. The number of hydrogen-bond donors (Lipinski definition) is 3. The molecule has 1 amide bonds. The van der Waals surface area contributed by atoms with Gasteiger partial charge in [-0.2, -0.15) is 0 Å². The van der Waals surface area contributed by atoms with Crippen LogP contribution < -0.4 is 16.0 Å². The van der Waals surface area contributed by atoms with E-state index in [1.54, 1.807) is 7.11 Å². The van der Waals surface area contributed by atoms with Crippen molar-refractivity contribution in [3.05, 3.63) is 29.8 Å². The lowest BCUT2D eigenvalue weighted by Crippen LogP contribution is -2.57. The second kappa shape index (κ2) is 6.65. The summed E-state index contributed by atoms with van der Waals surface area (Å²) in [6, 6.07) is 7.94. The minimum Gasteiger partial charge on any atom is -0.380 e. The topological polar surface area (TPSA) is 62.4 Å². The number of anilines is 1. The fourth-order valence-corrected chi connectivity index (χ4v) is 2.10. The molecule has 1 aromatic rings. The Bertz CT molecular complexity index is 428. The summed E-state index contributed by atoms with van der Waals surface area (Å²) >= 11 is 0. The number of ether oxygens (including phenoxy) is 1.